The highest BCUT2D eigenvalue weighted by Gasteiger charge is 2.39. The lowest BCUT2D eigenvalue weighted by Gasteiger charge is -2.31. The van der Waals surface area contributed by atoms with Crippen LogP contribution >= 0.6 is 0 Å². The standard InChI is InChI=1S/C25H36N4O2/c1-2-27-21(18-19-8-3-4-10-22(19)27)14-13-20-9-6-16-28(20)25(31)23-11-7-17-29(23)24(30)12-5-15-26/h3-4,8,10,18,20,23H,2,5-7,9,11-17,26H2,1H3/t20-,23+/m0/s1. The number of aromatic nitrogens is 1. The first-order valence-electron chi connectivity index (χ1n) is 12.0. The lowest BCUT2D eigenvalue weighted by Crippen LogP contribution is -2.49. The van der Waals surface area contributed by atoms with E-state index in [1.807, 2.05) is 4.90 Å². The Balaban J connectivity index is 1.42. The van der Waals surface area contributed by atoms with Crippen molar-refractivity contribution in [2.45, 2.75) is 76.9 Å². The summed E-state index contributed by atoms with van der Waals surface area (Å²) >= 11 is 0. The molecule has 0 bridgehead atoms. The molecule has 0 aliphatic carbocycles. The Morgan fingerprint density at radius 1 is 1.10 bits per heavy atom. The monoisotopic (exact) mass is 424 g/mol. The van der Waals surface area contributed by atoms with Crippen molar-refractivity contribution in [3.05, 3.63) is 36.0 Å². The predicted octanol–water partition coefficient (Wildman–Crippen LogP) is 3.31. The summed E-state index contributed by atoms with van der Waals surface area (Å²) in [5, 5.41) is 1.29. The van der Waals surface area contributed by atoms with Crippen LogP contribution in [0.15, 0.2) is 30.3 Å². The predicted molar refractivity (Wildman–Crippen MR) is 124 cm³/mol. The number of amides is 2. The molecular formula is C25H36N4O2. The third-order valence-electron chi connectivity index (χ3n) is 7.06. The van der Waals surface area contributed by atoms with Crippen LogP contribution in [0.1, 0.15) is 57.6 Å². The van der Waals surface area contributed by atoms with E-state index in [9.17, 15) is 9.59 Å². The van der Waals surface area contributed by atoms with Gasteiger partial charge in [0.1, 0.15) is 6.04 Å². The molecule has 2 aromatic rings. The number of nitrogens with zero attached hydrogens (tertiary/aromatic N) is 3. The van der Waals surface area contributed by atoms with Gasteiger partial charge in [-0.25, -0.2) is 0 Å². The Labute approximate surface area is 185 Å². The average molecular weight is 425 g/mol. The van der Waals surface area contributed by atoms with Gasteiger partial charge < -0.3 is 20.1 Å². The maximum atomic E-state index is 13.4. The molecule has 31 heavy (non-hydrogen) atoms. The van der Waals surface area contributed by atoms with Gasteiger partial charge in [0.2, 0.25) is 11.8 Å². The van der Waals surface area contributed by atoms with Gasteiger partial charge in [-0.1, -0.05) is 18.2 Å². The van der Waals surface area contributed by atoms with Crippen molar-refractivity contribution in [1.82, 2.24) is 14.4 Å². The molecule has 2 saturated heterocycles. The minimum Gasteiger partial charge on any atom is -0.345 e. The van der Waals surface area contributed by atoms with Crippen LogP contribution in [0, 0.1) is 0 Å². The first kappa shape index (κ1) is 21.9. The second-order valence-electron chi connectivity index (χ2n) is 8.94. The third kappa shape index (κ3) is 4.49. The SMILES string of the molecule is CCn1c(CC[C@@H]2CCCN2C(=O)[C@H]2CCCN2C(=O)CCCN)cc2ccccc21. The van der Waals surface area contributed by atoms with E-state index in [4.69, 9.17) is 5.73 Å². The Bertz CT molecular complexity index is 921. The van der Waals surface area contributed by atoms with E-state index in [1.165, 1.54) is 16.6 Å². The molecule has 0 radical (unpaired) electrons. The van der Waals surface area contributed by atoms with E-state index in [0.717, 1.165) is 51.6 Å². The zero-order valence-corrected chi connectivity index (χ0v) is 18.8. The van der Waals surface area contributed by atoms with Crippen molar-refractivity contribution in [2.24, 2.45) is 5.73 Å². The van der Waals surface area contributed by atoms with Crippen LogP contribution < -0.4 is 5.73 Å². The summed E-state index contributed by atoms with van der Waals surface area (Å²) in [6.07, 6.45) is 6.92. The zero-order chi connectivity index (χ0) is 21.8. The summed E-state index contributed by atoms with van der Waals surface area (Å²) < 4.78 is 2.39. The number of benzene rings is 1. The number of para-hydroxylation sites is 1. The number of hydrogen-bond donors (Lipinski definition) is 1. The van der Waals surface area contributed by atoms with Crippen molar-refractivity contribution in [2.75, 3.05) is 19.6 Å². The van der Waals surface area contributed by atoms with Crippen LogP contribution in [-0.2, 0) is 22.6 Å². The quantitative estimate of drug-likeness (QED) is 0.707. The highest BCUT2D eigenvalue weighted by Crippen LogP contribution is 2.28. The largest absolute Gasteiger partial charge is 0.345 e. The highest BCUT2D eigenvalue weighted by molar-refractivity contribution is 5.88. The van der Waals surface area contributed by atoms with Crippen LogP contribution in [0.2, 0.25) is 0 Å². The van der Waals surface area contributed by atoms with Crippen molar-refractivity contribution in [1.29, 1.82) is 0 Å². The topological polar surface area (TPSA) is 71.6 Å². The molecule has 2 atom stereocenters. The number of aryl methyl sites for hydroxylation is 2. The maximum Gasteiger partial charge on any atom is 0.245 e. The van der Waals surface area contributed by atoms with Gasteiger partial charge in [0.15, 0.2) is 0 Å². The molecule has 6 heteroatoms. The lowest BCUT2D eigenvalue weighted by atomic mass is 10.1. The highest BCUT2D eigenvalue weighted by atomic mass is 16.2. The fourth-order valence-electron chi connectivity index (χ4n) is 5.50. The average Bonchev–Trinajstić information content (AvgIpc) is 3.53. The minimum absolute atomic E-state index is 0.0875. The number of likely N-dealkylation sites (tertiary alicyclic amines) is 2. The minimum atomic E-state index is -0.270. The number of fused-ring (bicyclic) bond motifs is 1. The second-order valence-corrected chi connectivity index (χ2v) is 8.94. The van der Waals surface area contributed by atoms with Crippen molar-refractivity contribution in [3.8, 4) is 0 Å². The molecule has 0 unspecified atom stereocenters. The van der Waals surface area contributed by atoms with Crippen LogP contribution in [-0.4, -0.2) is 57.9 Å². The van der Waals surface area contributed by atoms with Gasteiger partial charge in [0.05, 0.1) is 0 Å². The number of hydrogen-bond acceptors (Lipinski definition) is 3. The zero-order valence-electron chi connectivity index (χ0n) is 18.8. The Hall–Kier alpha value is -2.34. The molecule has 2 aliphatic rings. The van der Waals surface area contributed by atoms with Crippen LogP contribution in [0.4, 0.5) is 0 Å². The smallest absolute Gasteiger partial charge is 0.245 e. The lowest BCUT2D eigenvalue weighted by molar-refractivity contribution is -0.144. The van der Waals surface area contributed by atoms with Crippen molar-refractivity contribution >= 4 is 22.7 Å². The molecule has 2 amide bonds. The summed E-state index contributed by atoms with van der Waals surface area (Å²) in [7, 11) is 0. The molecule has 2 fully saturated rings. The van der Waals surface area contributed by atoms with Gasteiger partial charge in [-0.2, -0.15) is 0 Å². The summed E-state index contributed by atoms with van der Waals surface area (Å²) in [6.45, 7) is 5.19. The summed E-state index contributed by atoms with van der Waals surface area (Å²) in [6, 6.07) is 10.8. The normalized spacial score (nSPS) is 21.4. The van der Waals surface area contributed by atoms with Gasteiger partial charge >= 0.3 is 0 Å². The fraction of sp³-hybridized carbons (Fsp3) is 0.600. The first-order chi connectivity index (χ1) is 15.1. The van der Waals surface area contributed by atoms with E-state index in [1.54, 1.807) is 0 Å². The summed E-state index contributed by atoms with van der Waals surface area (Å²) in [5.74, 6) is 0.252. The molecular weight excluding hydrogens is 388 g/mol. The van der Waals surface area contributed by atoms with Crippen molar-refractivity contribution in [3.63, 3.8) is 0 Å². The molecule has 1 aromatic heterocycles. The maximum absolute atomic E-state index is 13.4. The van der Waals surface area contributed by atoms with Crippen LogP contribution in [0.3, 0.4) is 0 Å². The molecule has 2 aliphatic heterocycles. The number of rotatable bonds is 8. The van der Waals surface area contributed by atoms with Gasteiger partial charge in [-0.05, 0) is 75.9 Å². The number of nitrogens with two attached hydrogens (primary N) is 1. The number of carbonyl (C=O) groups excluding carboxylic acids is 2. The van der Waals surface area contributed by atoms with Gasteiger partial charge in [0, 0.05) is 43.3 Å². The van der Waals surface area contributed by atoms with E-state index in [0.29, 0.717) is 25.9 Å². The van der Waals surface area contributed by atoms with E-state index >= 15 is 0 Å². The Morgan fingerprint density at radius 3 is 2.68 bits per heavy atom. The third-order valence-corrected chi connectivity index (χ3v) is 7.06. The molecule has 3 heterocycles. The Kier molecular flexibility index (Phi) is 6.96. The van der Waals surface area contributed by atoms with Gasteiger partial charge in [-0.15, -0.1) is 0 Å². The fourth-order valence-corrected chi connectivity index (χ4v) is 5.50. The van der Waals surface area contributed by atoms with Crippen LogP contribution in [0.25, 0.3) is 10.9 Å². The molecule has 2 N–H and O–H groups in total. The van der Waals surface area contributed by atoms with E-state index < -0.39 is 0 Å². The molecule has 0 spiro atoms. The second kappa shape index (κ2) is 9.86. The van der Waals surface area contributed by atoms with Gasteiger partial charge in [-0.3, -0.25) is 9.59 Å². The molecule has 4 rings (SSSR count). The molecule has 0 saturated carbocycles. The number of carbonyl (C=O) groups is 2. The molecule has 6 nitrogen and oxygen atoms in total. The molecule has 168 valence electrons. The van der Waals surface area contributed by atoms with Crippen molar-refractivity contribution < 1.29 is 9.59 Å². The van der Waals surface area contributed by atoms with Crippen LogP contribution in [0.5, 0.6) is 0 Å². The first-order valence-corrected chi connectivity index (χ1v) is 12.0. The molecule has 1 aromatic carbocycles. The summed E-state index contributed by atoms with van der Waals surface area (Å²) in [5.41, 5.74) is 8.20. The van der Waals surface area contributed by atoms with Gasteiger partial charge in [0.25, 0.3) is 0 Å². The van der Waals surface area contributed by atoms with E-state index in [-0.39, 0.29) is 23.9 Å². The summed E-state index contributed by atoms with van der Waals surface area (Å²) in [4.78, 5) is 29.9. The Morgan fingerprint density at radius 2 is 1.87 bits per heavy atom. The van der Waals surface area contributed by atoms with E-state index in [2.05, 4.69) is 46.7 Å².